The summed E-state index contributed by atoms with van der Waals surface area (Å²) in [5.41, 5.74) is 6.84. The zero-order valence-electron chi connectivity index (χ0n) is 24.4. The summed E-state index contributed by atoms with van der Waals surface area (Å²) in [5.74, 6) is 3.71. The van der Waals surface area contributed by atoms with Gasteiger partial charge in [0.15, 0.2) is 0 Å². The fraction of sp³-hybridized carbons (Fsp3) is 0.788. The fourth-order valence-electron chi connectivity index (χ4n) is 8.88. The molecule has 6 fully saturated rings. The summed E-state index contributed by atoms with van der Waals surface area (Å²) in [5, 5.41) is 0. The molecule has 6 aliphatic rings. The number of rotatable bonds is 12. The summed E-state index contributed by atoms with van der Waals surface area (Å²) in [7, 11) is 1.83. The van der Waals surface area contributed by atoms with Crippen molar-refractivity contribution >= 4 is 5.91 Å². The SMILES string of the molecule is COC1(OO[C@H]2CC[C@@H](c3ccc(OCCCCN4CCC(C(N)=O)CC4)cc3)CC2)C2CC3CC(C2)CC1C3. The quantitative estimate of drug-likeness (QED) is 0.152. The van der Waals surface area contributed by atoms with Crippen molar-refractivity contribution in [1.82, 2.24) is 4.90 Å². The summed E-state index contributed by atoms with van der Waals surface area (Å²) >= 11 is 0. The first-order valence-electron chi connectivity index (χ1n) is 16.2. The lowest BCUT2D eigenvalue weighted by atomic mass is 9.53. The van der Waals surface area contributed by atoms with Gasteiger partial charge in [0, 0.05) is 24.9 Å². The van der Waals surface area contributed by atoms with Crippen LogP contribution in [-0.4, -0.2) is 56.0 Å². The molecule has 5 aliphatic carbocycles. The molecule has 222 valence electrons. The van der Waals surface area contributed by atoms with Crippen molar-refractivity contribution in [3.63, 3.8) is 0 Å². The Morgan fingerprint density at radius 1 is 0.900 bits per heavy atom. The lowest BCUT2D eigenvalue weighted by molar-refractivity contribution is -0.485. The summed E-state index contributed by atoms with van der Waals surface area (Å²) in [6.45, 7) is 3.77. The first-order chi connectivity index (χ1) is 19.5. The van der Waals surface area contributed by atoms with Gasteiger partial charge in [0.05, 0.1) is 12.7 Å². The Kier molecular flexibility index (Phi) is 9.02. The molecule has 1 heterocycles. The second-order valence-electron chi connectivity index (χ2n) is 13.5. The smallest absolute Gasteiger partial charge is 0.220 e. The number of hydrogen-bond donors (Lipinski definition) is 1. The number of benzene rings is 1. The maximum absolute atomic E-state index is 11.3. The molecule has 1 aromatic carbocycles. The van der Waals surface area contributed by atoms with Crippen LogP contribution in [0, 0.1) is 29.6 Å². The van der Waals surface area contributed by atoms with Gasteiger partial charge >= 0.3 is 0 Å². The first kappa shape index (κ1) is 28.4. The van der Waals surface area contributed by atoms with Gasteiger partial charge in [-0.25, -0.2) is 9.78 Å². The van der Waals surface area contributed by atoms with Crippen LogP contribution >= 0.6 is 0 Å². The van der Waals surface area contributed by atoms with Crippen LogP contribution in [0.2, 0.25) is 0 Å². The molecule has 1 aromatic rings. The number of ether oxygens (including phenoxy) is 2. The normalized spacial score (nSPS) is 36.1. The van der Waals surface area contributed by atoms with Crippen LogP contribution in [0.1, 0.15) is 95.0 Å². The number of carbonyl (C=O) groups is 1. The van der Waals surface area contributed by atoms with Crippen LogP contribution < -0.4 is 10.5 Å². The van der Waals surface area contributed by atoms with Crippen LogP contribution in [0.15, 0.2) is 24.3 Å². The van der Waals surface area contributed by atoms with E-state index in [-0.39, 0.29) is 17.9 Å². The number of carbonyl (C=O) groups excluding carboxylic acids is 1. The van der Waals surface area contributed by atoms with Crippen LogP contribution in [-0.2, 0) is 19.3 Å². The highest BCUT2D eigenvalue weighted by Crippen LogP contribution is 2.60. The van der Waals surface area contributed by atoms with E-state index in [0.717, 1.165) is 95.2 Å². The Balaban J connectivity index is 0.878. The number of nitrogens with zero attached hydrogens (tertiary/aromatic N) is 1. The maximum Gasteiger partial charge on any atom is 0.220 e. The minimum atomic E-state index is -0.511. The molecule has 0 unspecified atom stereocenters. The number of unbranched alkanes of at least 4 members (excludes halogenated alkanes) is 1. The van der Waals surface area contributed by atoms with Crippen molar-refractivity contribution in [3.8, 4) is 5.75 Å². The van der Waals surface area contributed by atoms with E-state index >= 15 is 0 Å². The third-order valence-electron chi connectivity index (χ3n) is 11.1. The average Bonchev–Trinajstić information content (AvgIpc) is 2.98. The molecule has 7 rings (SSSR count). The van der Waals surface area contributed by atoms with Gasteiger partial charge in [0.1, 0.15) is 5.75 Å². The predicted octanol–water partition coefficient (Wildman–Crippen LogP) is 5.82. The van der Waals surface area contributed by atoms with Crippen molar-refractivity contribution in [3.05, 3.63) is 29.8 Å². The van der Waals surface area contributed by atoms with E-state index in [1.165, 1.54) is 37.7 Å². The zero-order valence-corrected chi connectivity index (χ0v) is 24.4. The third kappa shape index (κ3) is 6.23. The van der Waals surface area contributed by atoms with Gasteiger partial charge in [-0.15, -0.1) is 0 Å². The number of piperidine rings is 1. The Labute approximate surface area is 240 Å². The minimum Gasteiger partial charge on any atom is -0.494 e. The Bertz CT molecular complexity index is 940. The second-order valence-corrected chi connectivity index (χ2v) is 13.5. The molecule has 40 heavy (non-hydrogen) atoms. The Hall–Kier alpha value is -1.67. The molecule has 4 bridgehead atoms. The first-order valence-corrected chi connectivity index (χ1v) is 16.2. The van der Waals surface area contributed by atoms with E-state index in [0.29, 0.717) is 17.8 Å². The third-order valence-corrected chi connectivity index (χ3v) is 11.1. The highest BCUT2D eigenvalue weighted by Gasteiger charge is 2.60. The van der Waals surface area contributed by atoms with Crippen molar-refractivity contribution in [2.24, 2.45) is 35.3 Å². The van der Waals surface area contributed by atoms with Crippen LogP contribution in [0.5, 0.6) is 5.75 Å². The topological polar surface area (TPSA) is 83.2 Å². The molecule has 7 nitrogen and oxygen atoms in total. The maximum atomic E-state index is 11.3. The Morgan fingerprint density at radius 2 is 1.55 bits per heavy atom. The molecule has 0 radical (unpaired) electrons. The van der Waals surface area contributed by atoms with E-state index in [1.807, 2.05) is 7.11 Å². The number of methoxy groups -OCH3 is 1. The standard InChI is InChI=1S/C33H50N2O5/c1-37-33(28-19-23-18-24(21-28)22-29(33)20-23)40-39-31-10-6-26(7-11-31)25-4-8-30(9-5-25)38-17-3-2-14-35-15-12-27(13-16-35)32(34)36/h4-5,8-9,23-24,26-29,31H,2-3,6-7,10-22H2,1H3,(H2,34,36)/t23?,24?,26-,28?,29?,31+,33?. The van der Waals surface area contributed by atoms with Gasteiger partial charge in [-0.3, -0.25) is 4.79 Å². The molecule has 5 saturated carbocycles. The van der Waals surface area contributed by atoms with Crippen molar-refractivity contribution in [2.45, 2.75) is 101 Å². The molecular weight excluding hydrogens is 504 g/mol. The molecule has 0 atom stereocenters. The van der Waals surface area contributed by atoms with E-state index < -0.39 is 5.79 Å². The number of hydrogen-bond acceptors (Lipinski definition) is 6. The lowest BCUT2D eigenvalue weighted by Crippen LogP contribution is -2.60. The molecule has 1 amide bonds. The highest BCUT2D eigenvalue weighted by molar-refractivity contribution is 5.76. The summed E-state index contributed by atoms with van der Waals surface area (Å²) in [4.78, 5) is 26.2. The number of likely N-dealkylation sites (tertiary alicyclic amines) is 1. The van der Waals surface area contributed by atoms with Crippen molar-refractivity contribution in [1.29, 1.82) is 0 Å². The largest absolute Gasteiger partial charge is 0.494 e. The molecule has 1 aliphatic heterocycles. The zero-order chi connectivity index (χ0) is 27.5. The van der Waals surface area contributed by atoms with E-state index in [2.05, 4.69) is 29.2 Å². The molecule has 0 spiro atoms. The van der Waals surface area contributed by atoms with Crippen LogP contribution in [0.25, 0.3) is 0 Å². The second kappa shape index (κ2) is 12.7. The van der Waals surface area contributed by atoms with Gasteiger partial charge in [-0.05, 0) is 139 Å². The van der Waals surface area contributed by atoms with Gasteiger partial charge in [0.25, 0.3) is 0 Å². The Morgan fingerprint density at radius 3 is 2.15 bits per heavy atom. The lowest BCUT2D eigenvalue weighted by Gasteiger charge is -2.58. The van der Waals surface area contributed by atoms with Gasteiger partial charge in [0.2, 0.25) is 11.7 Å². The van der Waals surface area contributed by atoms with Gasteiger partial charge in [-0.2, -0.15) is 0 Å². The predicted molar refractivity (Wildman–Crippen MR) is 153 cm³/mol. The molecular formula is C33H50N2O5. The number of nitrogens with two attached hydrogens (primary N) is 1. The van der Waals surface area contributed by atoms with Crippen molar-refractivity contribution < 1.29 is 24.0 Å². The highest BCUT2D eigenvalue weighted by atomic mass is 17.2. The van der Waals surface area contributed by atoms with Crippen molar-refractivity contribution in [2.75, 3.05) is 33.4 Å². The number of primary amides is 1. The molecule has 0 aromatic heterocycles. The van der Waals surface area contributed by atoms with E-state index in [4.69, 9.17) is 25.0 Å². The summed E-state index contributed by atoms with van der Waals surface area (Å²) in [6.07, 6.45) is 14.8. The van der Waals surface area contributed by atoms with E-state index in [9.17, 15) is 4.79 Å². The van der Waals surface area contributed by atoms with Gasteiger partial charge < -0.3 is 20.1 Å². The van der Waals surface area contributed by atoms with Crippen LogP contribution in [0.4, 0.5) is 0 Å². The summed E-state index contributed by atoms with van der Waals surface area (Å²) < 4.78 is 12.1. The molecule has 1 saturated heterocycles. The summed E-state index contributed by atoms with van der Waals surface area (Å²) in [6, 6.07) is 8.75. The molecule has 7 heteroatoms. The van der Waals surface area contributed by atoms with Gasteiger partial charge in [-0.1, -0.05) is 12.1 Å². The fourth-order valence-corrected chi connectivity index (χ4v) is 8.88. The minimum absolute atomic E-state index is 0.0692. The number of amides is 1. The van der Waals surface area contributed by atoms with E-state index in [1.54, 1.807) is 0 Å². The molecule has 2 N–H and O–H groups in total. The monoisotopic (exact) mass is 554 g/mol. The van der Waals surface area contributed by atoms with Crippen LogP contribution in [0.3, 0.4) is 0 Å². The average molecular weight is 555 g/mol.